The van der Waals surface area contributed by atoms with Gasteiger partial charge < -0.3 is 9.84 Å². The van der Waals surface area contributed by atoms with Crippen molar-refractivity contribution < 1.29 is 9.84 Å². The molecule has 0 bridgehead atoms. The summed E-state index contributed by atoms with van der Waals surface area (Å²) in [4.78, 5) is 1.74. The number of methoxy groups -OCH3 is 1. The van der Waals surface area contributed by atoms with Gasteiger partial charge in [-0.05, 0) is 31.6 Å². The lowest BCUT2D eigenvalue weighted by atomic mass is 10.0. The largest absolute Gasteiger partial charge is 0.496 e. The molecule has 1 atom stereocenters. The van der Waals surface area contributed by atoms with Crippen molar-refractivity contribution in [2.24, 2.45) is 0 Å². The van der Waals surface area contributed by atoms with Crippen LogP contribution >= 0.6 is 0 Å². The number of benzene rings is 1. The Morgan fingerprint density at radius 2 is 1.88 bits per heavy atom. The van der Waals surface area contributed by atoms with Gasteiger partial charge >= 0.3 is 0 Å². The van der Waals surface area contributed by atoms with Crippen molar-refractivity contribution in [3.8, 4) is 5.75 Å². The number of aliphatic hydroxyl groups excluding tert-OH is 1. The number of hydrogen-bond acceptors (Lipinski definition) is 3. The smallest absolute Gasteiger partial charge is 0.136 e. The molecule has 90 valence electrons. The third-order valence-electron chi connectivity index (χ3n) is 2.69. The van der Waals surface area contributed by atoms with Crippen LogP contribution in [0.25, 0.3) is 0 Å². The topological polar surface area (TPSA) is 32.7 Å². The van der Waals surface area contributed by atoms with E-state index in [0.29, 0.717) is 5.92 Å². The second kappa shape index (κ2) is 5.32. The number of aliphatic hydroxyl groups is 1. The molecule has 1 aromatic carbocycles. The van der Waals surface area contributed by atoms with Crippen molar-refractivity contribution in [1.29, 1.82) is 0 Å². The second-order valence-corrected chi connectivity index (χ2v) is 4.49. The summed E-state index contributed by atoms with van der Waals surface area (Å²) in [5, 5.41) is 9.99. The van der Waals surface area contributed by atoms with Gasteiger partial charge in [0, 0.05) is 5.56 Å². The minimum atomic E-state index is -0.629. The Balaban J connectivity index is 3.11. The summed E-state index contributed by atoms with van der Waals surface area (Å²) in [5.41, 5.74) is 2.02. The predicted molar refractivity (Wildman–Crippen MR) is 65.7 cm³/mol. The normalized spacial score (nSPS) is 13.2. The number of rotatable bonds is 4. The van der Waals surface area contributed by atoms with Crippen LogP contribution in [0, 0.1) is 0 Å². The first-order chi connectivity index (χ1) is 7.47. The molecular weight excluding hydrogens is 202 g/mol. The number of nitrogens with zero attached hydrogens (tertiary/aromatic N) is 1. The Labute approximate surface area is 97.7 Å². The number of hydrogen-bond donors (Lipinski definition) is 1. The monoisotopic (exact) mass is 223 g/mol. The van der Waals surface area contributed by atoms with Gasteiger partial charge in [0.2, 0.25) is 0 Å². The molecule has 0 aliphatic rings. The van der Waals surface area contributed by atoms with Gasteiger partial charge in [0.1, 0.15) is 12.0 Å². The standard InChI is InChI=1S/C13H21NO2/c1-9(2)10-6-7-11(12(8-10)16-5)13(15)14(3)4/h6-9,13,15H,1-5H3. The molecule has 0 saturated heterocycles. The maximum Gasteiger partial charge on any atom is 0.136 e. The molecule has 16 heavy (non-hydrogen) atoms. The molecule has 3 nitrogen and oxygen atoms in total. The quantitative estimate of drug-likeness (QED) is 0.795. The predicted octanol–water partition coefficient (Wildman–Crippen LogP) is 2.37. The minimum absolute atomic E-state index is 0.458. The lowest BCUT2D eigenvalue weighted by molar-refractivity contribution is 0.0374. The minimum Gasteiger partial charge on any atom is -0.496 e. The van der Waals surface area contributed by atoms with Crippen LogP contribution in [-0.4, -0.2) is 31.2 Å². The van der Waals surface area contributed by atoms with Gasteiger partial charge in [0.05, 0.1) is 7.11 Å². The summed E-state index contributed by atoms with van der Waals surface area (Å²) in [6, 6.07) is 5.96. The molecular formula is C13H21NO2. The highest BCUT2D eigenvalue weighted by Crippen LogP contribution is 2.29. The van der Waals surface area contributed by atoms with E-state index in [0.717, 1.165) is 11.3 Å². The van der Waals surface area contributed by atoms with E-state index in [9.17, 15) is 5.11 Å². The summed E-state index contributed by atoms with van der Waals surface area (Å²) in [6.07, 6.45) is -0.629. The van der Waals surface area contributed by atoms with Gasteiger partial charge in [-0.3, -0.25) is 4.90 Å². The second-order valence-electron chi connectivity index (χ2n) is 4.49. The van der Waals surface area contributed by atoms with E-state index < -0.39 is 6.23 Å². The molecule has 0 saturated carbocycles. The fourth-order valence-corrected chi connectivity index (χ4v) is 1.58. The van der Waals surface area contributed by atoms with Crippen LogP contribution in [0.3, 0.4) is 0 Å². The summed E-state index contributed by atoms with van der Waals surface area (Å²) in [7, 11) is 5.30. The van der Waals surface area contributed by atoms with Gasteiger partial charge in [-0.15, -0.1) is 0 Å². The van der Waals surface area contributed by atoms with Gasteiger partial charge in [0.15, 0.2) is 0 Å². The van der Waals surface area contributed by atoms with Crippen LogP contribution in [0.4, 0.5) is 0 Å². The first-order valence-corrected chi connectivity index (χ1v) is 5.49. The van der Waals surface area contributed by atoms with Crippen molar-refractivity contribution >= 4 is 0 Å². The Bertz CT molecular complexity index is 348. The summed E-state index contributed by atoms with van der Waals surface area (Å²) >= 11 is 0. The molecule has 0 aromatic heterocycles. The van der Waals surface area contributed by atoms with E-state index in [1.165, 1.54) is 5.56 Å². The van der Waals surface area contributed by atoms with Crippen LogP contribution in [0.5, 0.6) is 5.75 Å². The molecule has 0 amide bonds. The summed E-state index contributed by atoms with van der Waals surface area (Å²) in [6.45, 7) is 4.27. The van der Waals surface area contributed by atoms with Crippen molar-refractivity contribution in [3.05, 3.63) is 29.3 Å². The zero-order chi connectivity index (χ0) is 12.3. The van der Waals surface area contributed by atoms with E-state index in [1.54, 1.807) is 12.0 Å². The van der Waals surface area contributed by atoms with E-state index in [2.05, 4.69) is 13.8 Å². The summed E-state index contributed by atoms with van der Waals surface area (Å²) < 4.78 is 5.32. The Hall–Kier alpha value is -1.06. The van der Waals surface area contributed by atoms with Crippen molar-refractivity contribution in [3.63, 3.8) is 0 Å². The van der Waals surface area contributed by atoms with Crippen LogP contribution < -0.4 is 4.74 Å². The molecule has 0 spiro atoms. The average Bonchev–Trinajstić information content (AvgIpc) is 2.26. The fourth-order valence-electron chi connectivity index (χ4n) is 1.58. The molecule has 1 unspecified atom stereocenters. The van der Waals surface area contributed by atoms with Gasteiger partial charge in [-0.25, -0.2) is 0 Å². The van der Waals surface area contributed by atoms with Crippen LogP contribution in [0.1, 0.15) is 37.1 Å². The zero-order valence-electron chi connectivity index (χ0n) is 10.7. The molecule has 1 N–H and O–H groups in total. The highest BCUT2D eigenvalue weighted by atomic mass is 16.5. The van der Waals surface area contributed by atoms with Crippen LogP contribution in [0.15, 0.2) is 18.2 Å². The first-order valence-electron chi connectivity index (χ1n) is 5.49. The van der Waals surface area contributed by atoms with Crippen LogP contribution in [-0.2, 0) is 0 Å². The van der Waals surface area contributed by atoms with E-state index in [4.69, 9.17) is 4.74 Å². The molecule has 3 heteroatoms. The highest BCUT2D eigenvalue weighted by Gasteiger charge is 2.16. The maximum absolute atomic E-state index is 9.99. The molecule has 0 aliphatic heterocycles. The molecule has 0 radical (unpaired) electrons. The highest BCUT2D eigenvalue weighted by molar-refractivity contribution is 5.39. The van der Waals surface area contributed by atoms with E-state index in [-0.39, 0.29) is 0 Å². The Kier molecular flexibility index (Phi) is 4.33. The van der Waals surface area contributed by atoms with Crippen molar-refractivity contribution in [1.82, 2.24) is 4.90 Å². The van der Waals surface area contributed by atoms with Gasteiger partial charge in [-0.1, -0.05) is 26.0 Å². The zero-order valence-corrected chi connectivity index (χ0v) is 10.7. The van der Waals surface area contributed by atoms with Gasteiger partial charge in [-0.2, -0.15) is 0 Å². The Morgan fingerprint density at radius 1 is 1.25 bits per heavy atom. The van der Waals surface area contributed by atoms with Crippen molar-refractivity contribution in [2.45, 2.75) is 26.0 Å². The molecule has 1 rings (SSSR count). The lowest BCUT2D eigenvalue weighted by Crippen LogP contribution is -2.19. The third-order valence-corrected chi connectivity index (χ3v) is 2.69. The first kappa shape index (κ1) is 13.0. The fraction of sp³-hybridized carbons (Fsp3) is 0.538. The third kappa shape index (κ3) is 2.74. The number of ether oxygens (including phenoxy) is 1. The molecule has 0 fully saturated rings. The lowest BCUT2D eigenvalue weighted by Gasteiger charge is -2.21. The van der Waals surface area contributed by atoms with Crippen LogP contribution in [0.2, 0.25) is 0 Å². The summed E-state index contributed by atoms with van der Waals surface area (Å²) in [5.74, 6) is 1.20. The molecule has 1 aromatic rings. The van der Waals surface area contributed by atoms with E-state index >= 15 is 0 Å². The maximum atomic E-state index is 9.99. The Morgan fingerprint density at radius 3 is 2.31 bits per heavy atom. The molecule has 0 aliphatic carbocycles. The van der Waals surface area contributed by atoms with Gasteiger partial charge in [0.25, 0.3) is 0 Å². The SMILES string of the molecule is COc1cc(C(C)C)ccc1C(O)N(C)C. The van der Waals surface area contributed by atoms with Crippen molar-refractivity contribution in [2.75, 3.05) is 21.2 Å². The van der Waals surface area contributed by atoms with E-state index in [1.807, 2.05) is 32.3 Å². The average molecular weight is 223 g/mol. The molecule has 0 heterocycles.